The first-order valence-electron chi connectivity index (χ1n) is 7.62. The van der Waals surface area contributed by atoms with Crippen LogP contribution in [-0.4, -0.2) is 27.2 Å². The zero-order valence-electron chi connectivity index (χ0n) is 14.0. The molecule has 23 heavy (non-hydrogen) atoms. The monoisotopic (exact) mass is 311 g/mol. The smallest absolute Gasteiger partial charge is 0.356 e. The SMILES string of the molecule is CCN(CC)c1ccc(-c2cc(N(C)C)c(C#N)c(=O)o2)cc1. The molecule has 2 rings (SSSR count). The van der Waals surface area contributed by atoms with Crippen molar-refractivity contribution in [2.75, 3.05) is 37.0 Å². The third kappa shape index (κ3) is 3.37. The second-order valence-electron chi connectivity index (χ2n) is 5.38. The van der Waals surface area contributed by atoms with Gasteiger partial charge < -0.3 is 14.2 Å². The standard InChI is InChI=1S/C18H21N3O2/c1-5-21(6-2)14-9-7-13(8-10-14)17-11-16(20(3)4)15(12-19)18(22)23-17/h7-11H,5-6H2,1-4H3. The van der Waals surface area contributed by atoms with Crippen molar-refractivity contribution >= 4 is 11.4 Å². The number of nitrogens with zero attached hydrogens (tertiary/aromatic N) is 3. The van der Waals surface area contributed by atoms with Crippen LogP contribution in [0.2, 0.25) is 0 Å². The Kier molecular flexibility index (Phi) is 5.07. The van der Waals surface area contributed by atoms with E-state index in [1.165, 1.54) is 0 Å². The molecule has 0 atom stereocenters. The van der Waals surface area contributed by atoms with Crippen molar-refractivity contribution in [1.82, 2.24) is 0 Å². The normalized spacial score (nSPS) is 10.2. The van der Waals surface area contributed by atoms with Gasteiger partial charge in [-0.25, -0.2) is 4.79 Å². The summed E-state index contributed by atoms with van der Waals surface area (Å²) in [6.45, 7) is 6.10. The lowest BCUT2D eigenvalue weighted by Crippen LogP contribution is -2.21. The Morgan fingerprint density at radius 2 is 1.74 bits per heavy atom. The van der Waals surface area contributed by atoms with Crippen LogP contribution in [0.1, 0.15) is 19.4 Å². The van der Waals surface area contributed by atoms with Gasteiger partial charge in [-0.05, 0) is 38.1 Å². The summed E-state index contributed by atoms with van der Waals surface area (Å²) in [7, 11) is 3.59. The van der Waals surface area contributed by atoms with Crippen LogP contribution in [-0.2, 0) is 0 Å². The average Bonchev–Trinajstić information content (AvgIpc) is 2.55. The second kappa shape index (κ2) is 7.01. The van der Waals surface area contributed by atoms with Gasteiger partial charge in [0.05, 0.1) is 5.69 Å². The van der Waals surface area contributed by atoms with Gasteiger partial charge in [-0.1, -0.05) is 0 Å². The number of benzene rings is 1. The molecule has 0 saturated heterocycles. The summed E-state index contributed by atoms with van der Waals surface area (Å²) in [5, 5.41) is 9.12. The fraction of sp³-hybridized carbons (Fsp3) is 0.333. The van der Waals surface area contributed by atoms with E-state index in [-0.39, 0.29) is 5.56 Å². The molecule has 0 fully saturated rings. The third-order valence-electron chi connectivity index (χ3n) is 3.80. The minimum Gasteiger partial charge on any atom is -0.422 e. The highest BCUT2D eigenvalue weighted by Gasteiger charge is 2.14. The molecule has 0 bridgehead atoms. The molecule has 0 aliphatic carbocycles. The second-order valence-corrected chi connectivity index (χ2v) is 5.38. The van der Waals surface area contributed by atoms with Crippen LogP contribution >= 0.6 is 0 Å². The fourth-order valence-electron chi connectivity index (χ4n) is 2.50. The Morgan fingerprint density at radius 3 is 2.22 bits per heavy atom. The van der Waals surface area contributed by atoms with Crippen molar-refractivity contribution in [3.8, 4) is 17.4 Å². The molecule has 1 heterocycles. The first kappa shape index (κ1) is 16.6. The molecule has 1 aromatic carbocycles. The van der Waals surface area contributed by atoms with Gasteiger partial charge in [0.1, 0.15) is 11.8 Å². The number of hydrogen-bond acceptors (Lipinski definition) is 5. The van der Waals surface area contributed by atoms with E-state index in [1.54, 1.807) is 25.1 Å². The Morgan fingerprint density at radius 1 is 1.13 bits per heavy atom. The van der Waals surface area contributed by atoms with Gasteiger partial charge >= 0.3 is 5.63 Å². The van der Waals surface area contributed by atoms with Crippen LogP contribution in [0.3, 0.4) is 0 Å². The lowest BCUT2D eigenvalue weighted by atomic mass is 10.1. The van der Waals surface area contributed by atoms with Gasteiger partial charge in [-0.15, -0.1) is 0 Å². The summed E-state index contributed by atoms with van der Waals surface area (Å²) in [6, 6.07) is 11.5. The van der Waals surface area contributed by atoms with Gasteiger partial charge in [-0.3, -0.25) is 0 Å². The molecule has 0 N–H and O–H groups in total. The molecule has 1 aromatic heterocycles. The van der Waals surface area contributed by atoms with E-state index in [2.05, 4.69) is 18.7 Å². The zero-order chi connectivity index (χ0) is 17.0. The summed E-state index contributed by atoms with van der Waals surface area (Å²) >= 11 is 0. The molecule has 0 aliphatic rings. The highest BCUT2D eigenvalue weighted by Crippen LogP contribution is 2.26. The van der Waals surface area contributed by atoms with Crippen molar-refractivity contribution in [2.45, 2.75) is 13.8 Å². The van der Waals surface area contributed by atoms with Gasteiger partial charge in [-0.2, -0.15) is 5.26 Å². The highest BCUT2D eigenvalue weighted by atomic mass is 16.4. The summed E-state index contributed by atoms with van der Waals surface area (Å²) in [5.74, 6) is 0.462. The van der Waals surface area contributed by atoms with E-state index in [0.717, 1.165) is 24.3 Å². The lowest BCUT2D eigenvalue weighted by Gasteiger charge is -2.21. The molecule has 0 saturated carbocycles. The summed E-state index contributed by atoms with van der Waals surface area (Å²) in [5.41, 5.74) is 1.92. The minimum atomic E-state index is -0.610. The number of rotatable bonds is 5. The Balaban J connectivity index is 2.47. The van der Waals surface area contributed by atoms with E-state index in [9.17, 15) is 4.79 Å². The first-order valence-corrected chi connectivity index (χ1v) is 7.62. The largest absolute Gasteiger partial charge is 0.422 e. The minimum absolute atomic E-state index is 0.0264. The van der Waals surface area contributed by atoms with Gasteiger partial charge in [0.25, 0.3) is 0 Å². The van der Waals surface area contributed by atoms with Gasteiger partial charge in [0.2, 0.25) is 0 Å². The van der Waals surface area contributed by atoms with Crippen LogP contribution in [0.15, 0.2) is 39.5 Å². The third-order valence-corrected chi connectivity index (χ3v) is 3.80. The molecule has 120 valence electrons. The Labute approximate surface area is 136 Å². The predicted molar refractivity (Wildman–Crippen MR) is 93.0 cm³/mol. The van der Waals surface area contributed by atoms with Crippen molar-refractivity contribution in [3.63, 3.8) is 0 Å². The van der Waals surface area contributed by atoms with Crippen LogP contribution in [0.4, 0.5) is 11.4 Å². The van der Waals surface area contributed by atoms with E-state index >= 15 is 0 Å². The topological polar surface area (TPSA) is 60.5 Å². The van der Waals surface area contributed by atoms with Crippen LogP contribution in [0.5, 0.6) is 0 Å². The molecule has 0 unspecified atom stereocenters. The summed E-state index contributed by atoms with van der Waals surface area (Å²) < 4.78 is 5.31. The Bertz CT molecular complexity index is 766. The van der Waals surface area contributed by atoms with Gasteiger partial charge in [0.15, 0.2) is 5.56 Å². The lowest BCUT2D eigenvalue weighted by molar-refractivity contribution is 0.523. The average molecular weight is 311 g/mol. The maximum Gasteiger partial charge on any atom is 0.356 e. The van der Waals surface area contributed by atoms with Crippen LogP contribution in [0.25, 0.3) is 11.3 Å². The predicted octanol–water partition coefficient (Wildman–Crippen LogP) is 3.09. The molecule has 0 spiro atoms. The first-order chi connectivity index (χ1) is 11.0. The zero-order valence-corrected chi connectivity index (χ0v) is 14.0. The molecular weight excluding hydrogens is 290 g/mol. The Hall–Kier alpha value is -2.74. The van der Waals surface area contributed by atoms with Gasteiger partial charge in [0, 0.05) is 44.5 Å². The molecular formula is C18H21N3O2. The van der Waals surface area contributed by atoms with Crippen molar-refractivity contribution < 1.29 is 4.42 Å². The highest BCUT2D eigenvalue weighted by molar-refractivity contribution is 5.68. The van der Waals surface area contributed by atoms with E-state index in [4.69, 9.17) is 9.68 Å². The van der Waals surface area contributed by atoms with E-state index in [0.29, 0.717) is 11.4 Å². The molecule has 0 radical (unpaired) electrons. The summed E-state index contributed by atoms with van der Waals surface area (Å²) in [6.07, 6.45) is 0. The number of nitriles is 1. The quantitative estimate of drug-likeness (QED) is 0.849. The molecule has 5 nitrogen and oxygen atoms in total. The molecule has 0 aliphatic heterocycles. The number of anilines is 2. The molecule has 2 aromatic rings. The van der Waals surface area contributed by atoms with Crippen molar-refractivity contribution in [3.05, 3.63) is 46.3 Å². The maximum atomic E-state index is 12.0. The summed E-state index contributed by atoms with van der Waals surface area (Å²) in [4.78, 5) is 16.0. The number of hydrogen-bond donors (Lipinski definition) is 0. The van der Waals surface area contributed by atoms with Crippen LogP contribution < -0.4 is 15.4 Å². The van der Waals surface area contributed by atoms with Crippen molar-refractivity contribution in [2.24, 2.45) is 0 Å². The van der Waals surface area contributed by atoms with E-state index < -0.39 is 5.63 Å². The van der Waals surface area contributed by atoms with E-state index in [1.807, 2.05) is 30.3 Å². The fourth-order valence-corrected chi connectivity index (χ4v) is 2.50. The molecule has 5 heteroatoms. The maximum absolute atomic E-state index is 12.0. The van der Waals surface area contributed by atoms with Crippen molar-refractivity contribution in [1.29, 1.82) is 5.26 Å². The van der Waals surface area contributed by atoms with Crippen LogP contribution in [0, 0.1) is 11.3 Å². The molecule has 0 amide bonds.